The Morgan fingerprint density at radius 3 is 2.04 bits per heavy atom. The van der Waals surface area contributed by atoms with Crippen molar-refractivity contribution in [3.63, 3.8) is 0 Å². The molecule has 26 heavy (non-hydrogen) atoms. The average Bonchev–Trinajstić information content (AvgIpc) is 2.61. The molecule has 0 atom stereocenters. The van der Waals surface area contributed by atoms with Crippen molar-refractivity contribution >= 4 is 23.2 Å². The Bertz CT molecular complexity index is 810. The van der Waals surface area contributed by atoms with Gasteiger partial charge in [-0.3, -0.25) is 9.59 Å². The average molecular weight is 356 g/mol. The van der Waals surface area contributed by atoms with Crippen molar-refractivity contribution in [1.29, 1.82) is 0 Å². The van der Waals surface area contributed by atoms with Gasteiger partial charge in [0.2, 0.25) is 0 Å². The number of hydrogen-bond acceptors (Lipinski definition) is 4. The smallest absolute Gasteiger partial charge is 0.314 e. The van der Waals surface area contributed by atoms with E-state index in [1.165, 1.54) is 14.2 Å². The predicted octanol–water partition coefficient (Wildman–Crippen LogP) is 3.58. The van der Waals surface area contributed by atoms with E-state index in [-0.39, 0.29) is 5.41 Å². The summed E-state index contributed by atoms with van der Waals surface area (Å²) in [5, 5.41) is 5.24. The molecule has 2 aromatic carbocycles. The molecule has 138 valence electrons. The van der Waals surface area contributed by atoms with Crippen LogP contribution in [0.2, 0.25) is 0 Å². The summed E-state index contributed by atoms with van der Waals surface area (Å²) in [6.07, 6.45) is 0. The lowest BCUT2D eigenvalue weighted by atomic mass is 9.86. The highest BCUT2D eigenvalue weighted by molar-refractivity contribution is 6.43. The van der Waals surface area contributed by atoms with Gasteiger partial charge >= 0.3 is 11.8 Å². The van der Waals surface area contributed by atoms with E-state index in [1.54, 1.807) is 24.3 Å². The molecule has 6 heteroatoms. The summed E-state index contributed by atoms with van der Waals surface area (Å²) in [7, 11) is 3.01. The molecule has 0 radical (unpaired) electrons. The Labute approximate surface area is 153 Å². The molecule has 0 bridgehead atoms. The number of anilines is 2. The van der Waals surface area contributed by atoms with Crippen LogP contribution in [0.3, 0.4) is 0 Å². The minimum Gasteiger partial charge on any atom is -0.497 e. The van der Waals surface area contributed by atoms with Crippen molar-refractivity contribution in [2.24, 2.45) is 0 Å². The molecular formula is C20H24N2O4. The Hall–Kier alpha value is -3.02. The van der Waals surface area contributed by atoms with Crippen molar-refractivity contribution in [1.82, 2.24) is 0 Å². The lowest BCUT2D eigenvalue weighted by molar-refractivity contribution is -0.133. The molecule has 6 nitrogen and oxygen atoms in total. The van der Waals surface area contributed by atoms with Gasteiger partial charge in [0.05, 0.1) is 19.9 Å². The first-order chi connectivity index (χ1) is 12.3. The van der Waals surface area contributed by atoms with Crippen LogP contribution in [-0.4, -0.2) is 26.0 Å². The van der Waals surface area contributed by atoms with Gasteiger partial charge in [-0.2, -0.15) is 0 Å². The Morgan fingerprint density at radius 1 is 0.846 bits per heavy atom. The van der Waals surface area contributed by atoms with E-state index in [4.69, 9.17) is 9.47 Å². The predicted molar refractivity (Wildman–Crippen MR) is 102 cm³/mol. The molecule has 0 fully saturated rings. The number of para-hydroxylation sites is 1. The molecule has 2 rings (SSSR count). The highest BCUT2D eigenvalue weighted by Crippen LogP contribution is 2.30. The second-order valence-electron chi connectivity index (χ2n) is 6.77. The van der Waals surface area contributed by atoms with Crippen molar-refractivity contribution in [2.75, 3.05) is 24.9 Å². The van der Waals surface area contributed by atoms with E-state index < -0.39 is 11.8 Å². The molecule has 2 amide bonds. The number of carbonyl (C=O) groups is 2. The Kier molecular flexibility index (Phi) is 5.87. The Balaban J connectivity index is 2.16. The molecule has 0 aliphatic rings. The van der Waals surface area contributed by atoms with E-state index in [1.807, 2.05) is 39.0 Å². The van der Waals surface area contributed by atoms with Gasteiger partial charge in [-0.1, -0.05) is 39.0 Å². The number of benzene rings is 2. The summed E-state index contributed by atoms with van der Waals surface area (Å²) in [5.41, 5.74) is 1.78. The first kappa shape index (κ1) is 19.3. The minimum atomic E-state index is -0.780. The number of amides is 2. The lowest BCUT2D eigenvalue weighted by Crippen LogP contribution is -2.30. The molecule has 0 saturated heterocycles. The normalized spacial score (nSPS) is 10.8. The number of hydrogen-bond donors (Lipinski definition) is 2. The van der Waals surface area contributed by atoms with Crippen LogP contribution in [-0.2, 0) is 15.0 Å². The number of carbonyl (C=O) groups excluding carboxylic acids is 2. The van der Waals surface area contributed by atoms with E-state index in [2.05, 4.69) is 10.6 Å². The number of methoxy groups -OCH3 is 2. The number of ether oxygens (including phenoxy) is 2. The van der Waals surface area contributed by atoms with Crippen molar-refractivity contribution in [3.8, 4) is 11.5 Å². The molecule has 0 saturated carbocycles. The zero-order valence-electron chi connectivity index (χ0n) is 15.7. The molecule has 0 spiro atoms. The molecule has 2 N–H and O–H groups in total. The maximum Gasteiger partial charge on any atom is 0.314 e. The van der Waals surface area contributed by atoms with Gasteiger partial charge in [0.25, 0.3) is 0 Å². The van der Waals surface area contributed by atoms with Crippen LogP contribution < -0.4 is 20.1 Å². The van der Waals surface area contributed by atoms with Gasteiger partial charge in [0.15, 0.2) is 0 Å². The van der Waals surface area contributed by atoms with Crippen LogP contribution in [0.25, 0.3) is 0 Å². The van der Waals surface area contributed by atoms with Crippen LogP contribution >= 0.6 is 0 Å². The summed E-state index contributed by atoms with van der Waals surface area (Å²) in [6, 6.07) is 12.3. The highest BCUT2D eigenvalue weighted by Gasteiger charge is 2.21. The topological polar surface area (TPSA) is 76.7 Å². The van der Waals surface area contributed by atoms with Gasteiger partial charge in [-0.05, 0) is 29.2 Å². The van der Waals surface area contributed by atoms with E-state index in [9.17, 15) is 9.59 Å². The fourth-order valence-corrected chi connectivity index (χ4v) is 2.51. The number of nitrogens with one attached hydrogen (secondary N) is 2. The van der Waals surface area contributed by atoms with Crippen molar-refractivity contribution < 1.29 is 19.1 Å². The molecule has 0 aromatic heterocycles. The second-order valence-corrected chi connectivity index (χ2v) is 6.77. The third-order valence-corrected chi connectivity index (χ3v) is 3.85. The molecule has 0 aliphatic carbocycles. The fraction of sp³-hybridized carbons (Fsp3) is 0.300. The molecule has 0 unspecified atom stereocenters. The quantitative estimate of drug-likeness (QED) is 0.821. The molecule has 0 heterocycles. The SMILES string of the molecule is COc1ccc(NC(=O)C(=O)Nc2ccccc2C(C)(C)C)c(OC)c1. The van der Waals surface area contributed by atoms with E-state index >= 15 is 0 Å². The standard InChI is InChI=1S/C20H24N2O4/c1-20(2,3)14-8-6-7-9-15(14)21-18(23)19(24)22-16-11-10-13(25-4)12-17(16)26-5/h6-12H,1-5H3,(H,21,23)(H,22,24). The summed E-state index contributed by atoms with van der Waals surface area (Å²) >= 11 is 0. The Morgan fingerprint density at radius 2 is 1.46 bits per heavy atom. The van der Waals surface area contributed by atoms with E-state index in [0.717, 1.165) is 5.56 Å². The maximum atomic E-state index is 12.3. The first-order valence-electron chi connectivity index (χ1n) is 8.20. The monoisotopic (exact) mass is 356 g/mol. The van der Waals surface area contributed by atoms with Gasteiger partial charge in [0, 0.05) is 11.8 Å². The molecular weight excluding hydrogens is 332 g/mol. The van der Waals surface area contributed by atoms with Gasteiger partial charge in [-0.15, -0.1) is 0 Å². The minimum absolute atomic E-state index is 0.167. The van der Waals surface area contributed by atoms with Crippen LogP contribution in [0.4, 0.5) is 11.4 Å². The van der Waals surface area contributed by atoms with Crippen LogP contribution in [0.15, 0.2) is 42.5 Å². The molecule has 0 aliphatic heterocycles. The highest BCUT2D eigenvalue weighted by atomic mass is 16.5. The van der Waals surface area contributed by atoms with Crippen LogP contribution in [0, 0.1) is 0 Å². The summed E-state index contributed by atoms with van der Waals surface area (Å²) in [6.45, 7) is 6.13. The van der Waals surface area contributed by atoms with Crippen LogP contribution in [0.1, 0.15) is 26.3 Å². The van der Waals surface area contributed by atoms with Gasteiger partial charge in [-0.25, -0.2) is 0 Å². The van der Waals surface area contributed by atoms with Gasteiger partial charge < -0.3 is 20.1 Å². The van der Waals surface area contributed by atoms with Crippen molar-refractivity contribution in [3.05, 3.63) is 48.0 Å². The fourth-order valence-electron chi connectivity index (χ4n) is 2.51. The van der Waals surface area contributed by atoms with Crippen molar-refractivity contribution in [2.45, 2.75) is 26.2 Å². The van der Waals surface area contributed by atoms with E-state index in [0.29, 0.717) is 22.9 Å². The summed E-state index contributed by atoms with van der Waals surface area (Å²) in [4.78, 5) is 24.6. The zero-order valence-corrected chi connectivity index (χ0v) is 15.7. The molecule has 2 aromatic rings. The third-order valence-electron chi connectivity index (χ3n) is 3.85. The van der Waals surface area contributed by atoms with Gasteiger partial charge in [0.1, 0.15) is 11.5 Å². The second kappa shape index (κ2) is 7.91. The van der Waals surface area contributed by atoms with Crippen LogP contribution in [0.5, 0.6) is 11.5 Å². The zero-order chi connectivity index (χ0) is 19.3. The maximum absolute atomic E-state index is 12.3. The summed E-state index contributed by atoms with van der Waals surface area (Å²) < 4.78 is 10.3. The third kappa shape index (κ3) is 4.53. The first-order valence-corrected chi connectivity index (χ1v) is 8.20. The summed E-state index contributed by atoms with van der Waals surface area (Å²) in [5.74, 6) is -0.541. The lowest BCUT2D eigenvalue weighted by Gasteiger charge is -2.22. The largest absolute Gasteiger partial charge is 0.497 e. The number of rotatable bonds is 4.